The van der Waals surface area contributed by atoms with Crippen LogP contribution in [0.15, 0.2) is 82.7 Å². The molecule has 42 heavy (non-hydrogen) atoms. The Morgan fingerprint density at radius 1 is 1.00 bits per heavy atom. The number of aromatic nitrogens is 5. The second-order valence-corrected chi connectivity index (χ2v) is 12.4. The monoisotopic (exact) mass is 583 g/mol. The number of nitrogens with one attached hydrogen (secondary N) is 2. The minimum atomic E-state index is -1.01. The Labute approximate surface area is 248 Å². The Morgan fingerprint density at radius 3 is 2.43 bits per heavy atom. The maximum Gasteiger partial charge on any atom is 0.335 e. The van der Waals surface area contributed by atoms with Gasteiger partial charge in [0.1, 0.15) is 11.6 Å². The van der Waals surface area contributed by atoms with Gasteiger partial charge in [0, 0.05) is 39.9 Å². The van der Waals surface area contributed by atoms with E-state index in [2.05, 4.69) is 34.7 Å². The highest BCUT2D eigenvalue weighted by molar-refractivity contribution is 7.99. The van der Waals surface area contributed by atoms with Gasteiger partial charge in [-0.15, -0.1) is 10.2 Å². The zero-order valence-electron chi connectivity index (χ0n) is 24.1. The number of nitrogens with zero attached hydrogens (tertiary/aromatic N) is 5. The molecule has 2 amide bonds. The molecule has 0 aliphatic heterocycles. The molecule has 0 spiro atoms. The van der Waals surface area contributed by atoms with Crippen LogP contribution in [0.25, 0.3) is 11.3 Å². The van der Waals surface area contributed by atoms with Crippen molar-refractivity contribution >= 4 is 35.2 Å². The van der Waals surface area contributed by atoms with Gasteiger partial charge in [-0.3, -0.25) is 9.72 Å². The number of urea groups is 1. The number of hydrogen-bond donors (Lipinski definition) is 3. The number of anilines is 1. The van der Waals surface area contributed by atoms with Gasteiger partial charge in [0.05, 0.1) is 16.9 Å². The Balaban J connectivity index is 1.32. The average molecular weight is 584 g/mol. The van der Waals surface area contributed by atoms with Gasteiger partial charge in [0.15, 0.2) is 5.65 Å². The number of fused-ring (bicyclic) bond motifs is 1. The van der Waals surface area contributed by atoms with E-state index in [1.165, 1.54) is 12.1 Å². The lowest BCUT2D eigenvalue weighted by Crippen LogP contribution is -2.29. The molecule has 0 aliphatic carbocycles. The quantitative estimate of drug-likeness (QED) is 0.190. The van der Waals surface area contributed by atoms with Crippen LogP contribution in [0.3, 0.4) is 0 Å². The molecule has 0 saturated carbocycles. The smallest absolute Gasteiger partial charge is 0.335 e. The van der Waals surface area contributed by atoms with Crippen molar-refractivity contribution in [2.24, 2.45) is 0 Å². The molecule has 3 heterocycles. The zero-order chi connectivity index (χ0) is 30.0. The molecule has 11 heteroatoms. The standard InChI is InChI=1S/C31H33N7O3S/c1-19(2)28-35-34-26-15-14-23(18-37(26)28)42-24-9-7-6-8-21(24)17-32-30(41)33-27-16-25(31(3,4)5)36-38(27)22-12-10-20(11-13-22)29(39)40/h6-16,18-19H,17H2,1-5H3,(H,39,40)(H2,32,33,41). The van der Waals surface area contributed by atoms with Crippen molar-refractivity contribution in [2.75, 3.05) is 5.32 Å². The first-order chi connectivity index (χ1) is 20.0. The Kier molecular flexibility index (Phi) is 8.04. The third kappa shape index (κ3) is 6.31. The lowest BCUT2D eigenvalue weighted by Gasteiger charge is -2.14. The second kappa shape index (κ2) is 11.7. The van der Waals surface area contributed by atoms with Crippen LogP contribution >= 0.6 is 11.8 Å². The summed E-state index contributed by atoms with van der Waals surface area (Å²) < 4.78 is 3.63. The summed E-state index contributed by atoms with van der Waals surface area (Å²) >= 11 is 1.61. The third-order valence-corrected chi connectivity index (χ3v) is 7.73. The van der Waals surface area contributed by atoms with Crippen LogP contribution in [0.1, 0.15) is 68.0 Å². The summed E-state index contributed by atoms with van der Waals surface area (Å²) in [6.45, 7) is 10.6. The Hall–Kier alpha value is -4.64. The lowest BCUT2D eigenvalue weighted by molar-refractivity contribution is 0.0697. The van der Waals surface area contributed by atoms with Crippen molar-refractivity contribution in [3.8, 4) is 5.69 Å². The van der Waals surface area contributed by atoms with E-state index in [-0.39, 0.29) is 22.9 Å². The number of rotatable bonds is 8. The largest absolute Gasteiger partial charge is 0.478 e. The first-order valence-electron chi connectivity index (χ1n) is 13.6. The van der Waals surface area contributed by atoms with E-state index in [1.807, 2.05) is 73.8 Å². The Morgan fingerprint density at radius 2 is 1.74 bits per heavy atom. The van der Waals surface area contributed by atoms with E-state index in [4.69, 9.17) is 5.10 Å². The topological polar surface area (TPSA) is 126 Å². The van der Waals surface area contributed by atoms with Crippen LogP contribution < -0.4 is 10.6 Å². The van der Waals surface area contributed by atoms with Crippen LogP contribution in [0.5, 0.6) is 0 Å². The number of hydrogen-bond acceptors (Lipinski definition) is 6. The highest BCUT2D eigenvalue weighted by Gasteiger charge is 2.22. The molecule has 5 rings (SSSR count). The van der Waals surface area contributed by atoms with Crippen molar-refractivity contribution in [1.82, 2.24) is 29.7 Å². The van der Waals surface area contributed by atoms with Crippen LogP contribution in [-0.2, 0) is 12.0 Å². The van der Waals surface area contributed by atoms with Crippen molar-refractivity contribution in [1.29, 1.82) is 0 Å². The van der Waals surface area contributed by atoms with Crippen molar-refractivity contribution < 1.29 is 14.7 Å². The fourth-order valence-electron chi connectivity index (χ4n) is 4.33. The van der Waals surface area contributed by atoms with Crippen molar-refractivity contribution in [2.45, 2.75) is 62.3 Å². The number of carbonyl (C=O) groups is 2. The normalized spacial score (nSPS) is 11.7. The van der Waals surface area contributed by atoms with E-state index < -0.39 is 5.97 Å². The fourth-order valence-corrected chi connectivity index (χ4v) is 5.30. The molecule has 0 atom stereocenters. The number of amides is 2. The first-order valence-corrected chi connectivity index (χ1v) is 14.4. The third-order valence-electron chi connectivity index (χ3n) is 6.64. The maximum atomic E-state index is 13.1. The average Bonchev–Trinajstić information content (AvgIpc) is 3.57. The van der Waals surface area contributed by atoms with Crippen LogP contribution in [-0.4, -0.2) is 41.5 Å². The number of carboxylic acids is 1. The predicted molar refractivity (Wildman–Crippen MR) is 163 cm³/mol. The number of aromatic carboxylic acids is 1. The molecule has 0 saturated heterocycles. The number of carboxylic acid groups (broad SMARTS) is 1. The molecule has 0 radical (unpaired) electrons. The van der Waals surface area contributed by atoms with Crippen molar-refractivity contribution in [3.05, 3.63) is 95.6 Å². The molecule has 0 aliphatic rings. The Bertz CT molecular complexity index is 1750. The number of pyridine rings is 1. The predicted octanol–water partition coefficient (Wildman–Crippen LogP) is 6.51. The van der Waals surface area contributed by atoms with Gasteiger partial charge in [0.25, 0.3) is 0 Å². The van der Waals surface area contributed by atoms with E-state index >= 15 is 0 Å². The minimum absolute atomic E-state index is 0.174. The van der Waals surface area contributed by atoms with Gasteiger partial charge in [0.2, 0.25) is 0 Å². The number of benzene rings is 2. The van der Waals surface area contributed by atoms with E-state index in [9.17, 15) is 14.7 Å². The first kappa shape index (κ1) is 28.9. The highest BCUT2D eigenvalue weighted by Crippen LogP contribution is 2.31. The van der Waals surface area contributed by atoms with Gasteiger partial charge >= 0.3 is 12.0 Å². The van der Waals surface area contributed by atoms with E-state index in [1.54, 1.807) is 28.6 Å². The van der Waals surface area contributed by atoms with Crippen molar-refractivity contribution in [3.63, 3.8) is 0 Å². The van der Waals surface area contributed by atoms with Crippen LogP contribution in [0.4, 0.5) is 10.6 Å². The summed E-state index contributed by atoms with van der Waals surface area (Å²) in [5.41, 5.74) is 3.11. The van der Waals surface area contributed by atoms with E-state index in [0.717, 1.165) is 32.5 Å². The summed E-state index contributed by atoms with van der Waals surface area (Å²) in [5, 5.41) is 28.4. The highest BCUT2D eigenvalue weighted by atomic mass is 32.2. The molecule has 10 nitrogen and oxygen atoms in total. The SMILES string of the molecule is CC(C)c1nnc2ccc(Sc3ccccc3CNC(=O)Nc3cc(C(C)(C)C)nn3-c3ccc(C(=O)O)cc3)cn12. The summed E-state index contributed by atoms with van der Waals surface area (Å²) in [4.78, 5) is 26.4. The zero-order valence-corrected chi connectivity index (χ0v) is 24.9. The van der Waals surface area contributed by atoms with Crippen LogP contribution in [0.2, 0.25) is 0 Å². The summed E-state index contributed by atoms with van der Waals surface area (Å²) in [7, 11) is 0. The lowest BCUT2D eigenvalue weighted by atomic mass is 9.92. The van der Waals surface area contributed by atoms with E-state index in [0.29, 0.717) is 18.1 Å². The fraction of sp³-hybridized carbons (Fsp3) is 0.258. The molecule has 216 valence electrons. The summed E-state index contributed by atoms with van der Waals surface area (Å²) in [6.07, 6.45) is 2.04. The van der Waals surface area contributed by atoms with Gasteiger partial charge in [-0.2, -0.15) is 5.10 Å². The molecular weight excluding hydrogens is 550 g/mol. The van der Waals surface area contributed by atoms with Crippen LogP contribution in [0, 0.1) is 0 Å². The molecule has 2 aromatic carbocycles. The summed E-state index contributed by atoms with van der Waals surface area (Å²) in [5.74, 6) is 0.625. The molecule has 0 bridgehead atoms. The molecule has 3 N–H and O–H groups in total. The van der Waals surface area contributed by atoms with Gasteiger partial charge in [-0.25, -0.2) is 14.3 Å². The van der Waals surface area contributed by atoms with Gasteiger partial charge < -0.3 is 10.4 Å². The number of carbonyl (C=O) groups excluding carboxylic acids is 1. The van der Waals surface area contributed by atoms with Gasteiger partial charge in [-0.05, 0) is 48.0 Å². The molecular formula is C31H33N7O3S. The second-order valence-electron chi connectivity index (χ2n) is 11.3. The minimum Gasteiger partial charge on any atom is -0.478 e. The maximum absolute atomic E-state index is 13.1. The molecule has 0 fully saturated rings. The molecule has 5 aromatic rings. The van der Waals surface area contributed by atoms with Gasteiger partial charge in [-0.1, -0.05) is 64.6 Å². The molecule has 3 aromatic heterocycles. The summed E-state index contributed by atoms with van der Waals surface area (Å²) in [6, 6.07) is 19.7. The molecule has 0 unspecified atom stereocenters.